The number of hydrazone groups is 1. The molecule has 0 aliphatic heterocycles. The van der Waals surface area contributed by atoms with Gasteiger partial charge in [0.2, 0.25) is 0 Å². The van der Waals surface area contributed by atoms with Crippen LogP contribution in [0.1, 0.15) is 30.9 Å². The summed E-state index contributed by atoms with van der Waals surface area (Å²) in [4.78, 5) is 21.9. The molecule has 0 saturated heterocycles. The molecule has 1 amide bonds. The first-order valence-electron chi connectivity index (χ1n) is 11.0. The molecule has 4 aromatic rings. The second kappa shape index (κ2) is 10.2. The number of nitrogens with zero attached hydrogens (tertiary/aromatic N) is 4. The maximum Gasteiger partial charge on any atom is 0.260 e. The van der Waals surface area contributed by atoms with E-state index < -0.39 is 0 Å². The van der Waals surface area contributed by atoms with E-state index in [0.29, 0.717) is 22.8 Å². The SMILES string of the molecule is COc1cc(C(C)C)c(OC)cc1/C=N/NC(=O)Cn1c(-c2ccccn2)nc2ccccc21. The van der Waals surface area contributed by atoms with Gasteiger partial charge in [-0.15, -0.1) is 0 Å². The fraction of sp³-hybridized carbons (Fsp3) is 0.231. The number of carbonyl (C=O) groups is 1. The minimum Gasteiger partial charge on any atom is -0.496 e. The quantitative estimate of drug-likeness (QED) is 0.313. The number of hydrogen-bond acceptors (Lipinski definition) is 6. The molecule has 0 radical (unpaired) electrons. The van der Waals surface area contributed by atoms with Crippen LogP contribution in [0, 0.1) is 0 Å². The van der Waals surface area contributed by atoms with Crippen LogP contribution in [-0.2, 0) is 11.3 Å². The molecule has 0 aliphatic rings. The van der Waals surface area contributed by atoms with Crippen LogP contribution in [0.3, 0.4) is 0 Å². The van der Waals surface area contributed by atoms with Gasteiger partial charge >= 0.3 is 0 Å². The van der Waals surface area contributed by atoms with Crippen molar-refractivity contribution < 1.29 is 14.3 Å². The third-order valence-electron chi connectivity index (χ3n) is 5.45. The van der Waals surface area contributed by atoms with Crippen LogP contribution >= 0.6 is 0 Å². The molecular weight excluding hydrogens is 430 g/mol. The number of para-hydroxylation sites is 2. The van der Waals surface area contributed by atoms with Crippen molar-refractivity contribution in [2.75, 3.05) is 14.2 Å². The van der Waals surface area contributed by atoms with Crippen molar-refractivity contribution in [3.8, 4) is 23.0 Å². The lowest BCUT2D eigenvalue weighted by molar-refractivity contribution is -0.121. The van der Waals surface area contributed by atoms with Gasteiger partial charge in [0.15, 0.2) is 5.82 Å². The molecular formula is C26H27N5O3. The van der Waals surface area contributed by atoms with E-state index in [4.69, 9.17) is 9.47 Å². The van der Waals surface area contributed by atoms with Crippen molar-refractivity contribution in [1.82, 2.24) is 20.0 Å². The minimum atomic E-state index is -0.290. The molecule has 4 rings (SSSR count). The van der Waals surface area contributed by atoms with Gasteiger partial charge in [-0.3, -0.25) is 9.78 Å². The topological polar surface area (TPSA) is 90.6 Å². The summed E-state index contributed by atoms with van der Waals surface area (Å²) < 4.78 is 12.9. The van der Waals surface area contributed by atoms with Gasteiger partial charge in [0, 0.05) is 17.3 Å². The third-order valence-corrected chi connectivity index (χ3v) is 5.45. The summed E-state index contributed by atoms with van der Waals surface area (Å²) in [6.07, 6.45) is 3.25. The summed E-state index contributed by atoms with van der Waals surface area (Å²) in [6.45, 7) is 4.21. The van der Waals surface area contributed by atoms with E-state index in [1.54, 1.807) is 26.6 Å². The molecule has 0 saturated carbocycles. The van der Waals surface area contributed by atoms with Gasteiger partial charge in [0.1, 0.15) is 23.7 Å². The lowest BCUT2D eigenvalue weighted by Gasteiger charge is -2.15. The lowest BCUT2D eigenvalue weighted by Crippen LogP contribution is -2.23. The van der Waals surface area contributed by atoms with Crippen LogP contribution in [0.4, 0.5) is 0 Å². The van der Waals surface area contributed by atoms with Crippen LogP contribution in [-0.4, -0.2) is 40.9 Å². The molecule has 2 aromatic carbocycles. The molecule has 0 bridgehead atoms. The summed E-state index contributed by atoms with van der Waals surface area (Å²) in [5.41, 5.74) is 6.67. The fourth-order valence-corrected chi connectivity index (χ4v) is 3.78. The van der Waals surface area contributed by atoms with Crippen molar-refractivity contribution in [1.29, 1.82) is 0 Å². The normalized spacial score (nSPS) is 11.3. The van der Waals surface area contributed by atoms with Crippen LogP contribution in [0.15, 0.2) is 65.9 Å². The summed E-state index contributed by atoms with van der Waals surface area (Å²) in [6, 6.07) is 17.1. The van der Waals surface area contributed by atoms with E-state index in [1.807, 2.05) is 59.2 Å². The summed E-state index contributed by atoms with van der Waals surface area (Å²) >= 11 is 0. The number of carbonyl (C=O) groups excluding carboxylic acids is 1. The molecule has 2 aromatic heterocycles. The average molecular weight is 458 g/mol. The van der Waals surface area contributed by atoms with Crippen molar-refractivity contribution in [3.63, 3.8) is 0 Å². The maximum atomic E-state index is 12.8. The Morgan fingerprint density at radius 2 is 1.85 bits per heavy atom. The minimum absolute atomic E-state index is 0.0382. The zero-order valence-electron chi connectivity index (χ0n) is 19.6. The first kappa shape index (κ1) is 23.0. The Balaban J connectivity index is 1.57. The molecule has 8 heteroatoms. The number of imidazole rings is 1. The van der Waals surface area contributed by atoms with Crippen molar-refractivity contribution in [3.05, 3.63) is 71.9 Å². The number of amides is 1. The van der Waals surface area contributed by atoms with E-state index in [1.165, 1.54) is 0 Å². The van der Waals surface area contributed by atoms with Crippen LogP contribution in [0.2, 0.25) is 0 Å². The Bertz CT molecular complexity index is 1330. The highest BCUT2D eigenvalue weighted by molar-refractivity contribution is 5.87. The fourth-order valence-electron chi connectivity index (χ4n) is 3.78. The summed E-state index contributed by atoms with van der Waals surface area (Å²) in [7, 11) is 3.23. The molecule has 2 heterocycles. The molecule has 0 unspecified atom stereocenters. The monoisotopic (exact) mass is 457 g/mol. The molecule has 0 atom stereocenters. The molecule has 34 heavy (non-hydrogen) atoms. The molecule has 8 nitrogen and oxygen atoms in total. The van der Waals surface area contributed by atoms with Gasteiger partial charge in [0.05, 0.1) is 31.5 Å². The number of fused-ring (bicyclic) bond motifs is 1. The molecule has 0 aliphatic carbocycles. The van der Waals surface area contributed by atoms with E-state index in [2.05, 4.69) is 34.3 Å². The number of methoxy groups -OCH3 is 2. The standard InChI is InChI=1S/C26H27N5O3/c1-17(2)19-14-23(33-3)18(13-24(19)34-4)15-28-30-25(32)16-31-22-11-6-5-9-20(22)29-26(31)21-10-7-8-12-27-21/h5-15,17H,16H2,1-4H3,(H,30,32)/b28-15+. The first-order chi connectivity index (χ1) is 16.5. The van der Waals surface area contributed by atoms with E-state index in [-0.39, 0.29) is 18.4 Å². The Kier molecular flexibility index (Phi) is 6.87. The van der Waals surface area contributed by atoms with Gasteiger partial charge in [-0.25, -0.2) is 10.4 Å². The summed E-state index contributed by atoms with van der Waals surface area (Å²) in [5.74, 6) is 2.00. The Morgan fingerprint density at radius 3 is 2.56 bits per heavy atom. The second-order valence-corrected chi connectivity index (χ2v) is 8.01. The highest BCUT2D eigenvalue weighted by Crippen LogP contribution is 2.32. The van der Waals surface area contributed by atoms with Crippen LogP contribution in [0.5, 0.6) is 11.5 Å². The van der Waals surface area contributed by atoms with Gasteiger partial charge in [-0.2, -0.15) is 5.10 Å². The number of nitrogens with one attached hydrogen (secondary N) is 1. The smallest absolute Gasteiger partial charge is 0.260 e. The molecule has 1 N–H and O–H groups in total. The first-order valence-corrected chi connectivity index (χ1v) is 11.0. The van der Waals surface area contributed by atoms with Gasteiger partial charge in [0.25, 0.3) is 5.91 Å². The van der Waals surface area contributed by atoms with Gasteiger partial charge in [-0.1, -0.05) is 32.0 Å². The van der Waals surface area contributed by atoms with E-state index in [9.17, 15) is 4.79 Å². The maximum absolute atomic E-state index is 12.8. The van der Waals surface area contributed by atoms with Crippen LogP contribution in [0.25, 0.3) is 22.6 Å². The third kappa shape index (κ3) is 4.76. The largest absolute Gasteiger partial charge is 0.496 e. The molecule has 0 fully saturated rings. The van der Waals surface area contributed by atoms with E-state index in [0.717, 1.165) is 22.3 Å². The Morgan fingerprint density at radius 1 is 1.09 bits per heavy atom. The number of aromatic nitrogens is 3. The second-order valence-electron chi connectivity index (χ2n) is 8.01. The molecule has 0 spiro atoms. The van der Waals surface area contributed by atoms with Gasteiger partial charge < -0.3 is 14.0 Å². The highest BCUT2D eigenvalue weighted by Gasteiger charge is 2.16. The molecule has 174 valence electrons. The number of pyridine rings is 1. The van der Waals surface area contributed by atoms with Crippen LogP contribution < -0.4 is 14.9 Å². The van der Waals surface area contributed by atoms with Gasteiger partial charge in [-0.05, 0) is 42.3 Å². The van der Waals surface area contributed by atoms with E-state index >= 15 is 0 Å². The predicted molar refractivity (Wildman–Crippen MR) is 132 cm³/mol. The predicted octanol–water partition coefficient (Wildman–Crippen LogP) is 4.39. The number of hydrogen-bond donors (Lipinski definition) is 1. The van der Waals surface area contributed by atoms with Crippen molar-refractivity contribution in [2.24, 2.45) is 5.10 Å². The number of ether oxygens (including phenoxy) is 2. The zero-order valence-corrected chi connectivity index (χ0v) is 19.6. The highest BCUT2D eigenvalue weighted by atomic mass is 16.5. The summed E-state index contributed by atoms with van der Waals surface area (Å²) in [5, 5.41) is 4.15. The van der Waals surface area contributed by atoms with Crippen molar-refractivity contribution in [2.45, 2.75) is 26.3 Å². The zero-order chi connectivity index (χ0) is 24.1. The number of rotatable bonds is 8. The number of benzene rings is 2. The Labute approximate surface area is 198 Å². The lowest BCUT2D eigenvalue weighted by atomic mass is 9.99. The van der Waals surface area contributed by atoms with Crippen molar-refractivity contribution >= 4 is 23.2 Å². The Hall–Kier alpha value is -4.20. The average Bonchev–Trinajstić information content (AvgIpc) is 3.22.